The van der Waals surface area contributed by atoms with E-state index in [0.717, 1.165) is 47.8 Å². The van der Waals surface area contributed by atoms with Gasteiger partial charge in [-0.05, 0) is 79.8 Å². The van der Waals surface area contributed by atoms with E-state index in [1.165, 1.54) is 12.1 Å². The summed E-state index contributed by atoms with van der Waals surface area (Å²) in [5, 5.41) is 10.3. The van der Waals surface area contributed by atoms with Gasteiger partial charge >= 0.3 is 5.97 Å². The average Bonchev–Trinajstić information content (AvgIpc) is 3.21. The number of aryl methyl sites for hydroxylation is 2. The quantitative estimate of drug-likeness (QED) is 0.514. The van der Waals surface area contributed by atoms with Crippen LogP contribution in [-0.4, -0.2) is 27.5 Å². The predicted molar refractivity (Wildman–Crippen MR) is 119 cm³/mol. The molecule has 1 aliphatic heterocycles. The van der Waals surface area contributed by atoms with E-state index in [1.807, 2.05) is 24.3 Å². The molecule has 0 radical (unpaired) electrons. The summed E-state index contributed by atoms with van der Waals surface area (Å²) < 4.78 is 13.2. The van der Waals surface area contributed by atoms with Crippen molar-refractivity contribution < 1.29 is 14.3 Å². The maximum absolute atomic E-state index is 13.2. The molecule has 0 amide bonds. The number of likely N-dealkylation sites (tertiary alicyclic amines) is 1. The summed E-state index contributed by atoms with van der Waals surface area (Å²) in [7, 11) is 0. The first-order valence-corrected chi connectivity index (χ1v) is 10.8. The Morgan fingerprint density at radius 1 is 1.10 bits per heavy atom. The normalized spacial score (nSPS) is 16.5. The summed E-state index contributed by atoms with van der Waals surface area (Å²) in [5.41, 5.74) is 3.80. The predicted octanol–water partition coefficient (Wildman–Crippen LogP) is 5.69. The van der Waals surface area contributed by atoms with Crippen LogP contribution in [-0.2, 0) is 19.4 Å². The van der Waals surface area contributed by atoms with Gasteiger partial charge in [-0.3, -0.25) is 9.88 Å². The fourth-order valence-electron chi connectivity index (χ4n) is 4.22. The van der Waals surface area contributed by atoms with Crippen LogP contribution in [0.4, 0.5) is 4.39 Å². The average molecular weight is 439 g/mol. The number of halogens is 2. The van der Waals surface area contributed by atoms with Crippen molar-refractivity contribution in [3.8, 4) is 0 Å². The van der Waals surface area contributed by atoms with Crippen LogP contribution in [0.1, 0.15) is 51.8 Å². The molecule has 0 saturated carbocycles. The first kappa shape index (κ1) is 21.5. The van der Waals surface area contributed by atoms with Crippen LogP contribution in [0.25, 0.3) is 0 Å². The van der Waals surface area contributed by atoms with Crippen LogP contribution in [0.3, 0.4) is 0 Å². The van der Waals surface area contributed by atoms with E-state index in [4.69, 9.17) is 16.6 Å². The first-order chi connectivity index (χ1) is 15.0. The zero-order valence-corrected chi connectivity index (χ0v) is 17.9. The zero-order valence-electron chi connectivity index (χ0n) is 17.1. The lowest BCUT2D eigenvalue weighted by atomic mass is 10.0. The van der Waals surface area contributed by atoms with E-state index in [0.29, 0.717) is 18.5 Å². The van der Waals surface area contributed by atoms with Crippen molar-refractivity contribution in [3.05, 3.63) is 99.6 Å². The Balaban J connectivity index is 1.55. The maximum Gasteiger partial charge on any atom is 0.337 e. The zero-order chi connectivity index (χ0) is 21.8. The number of aromatic carboxylic acids is 1. The minimum Gasteiger partial charge on any atom is -0.478 e. The molecule has 1 N–H and O–H groups in total. The lowest BCUT2D eigenvalue weighted by Gasteiger charge is -2.25. The van der Waals surface area contributed by atoms with Gasteiger partial charge in [-0.1, -0.05) is 35.9 Å². The van der Waals surface area contributed by atoms with Gasteiger partial charge in [0.05, 0.1) is 23.0 Å². The number of rotatable bonds is 7. The molecule has 1 fully saturated rings. The third-order valence-corrected chi connectivity index (χ3v) is 6.00. The van der Waals surface area contributed by atoms with Gasteiger partial charge in [-0.25, -0.2) is 9.18 Å². The smallest absolute Gasteiger partial charge is 0.337 e. The molecular weight excluding hydrogens is 415 g/mol. The number of carbonyl (C=O) groups is 1. The van der Waals surface area contributed by atoms with Crippen LogP contribution in [0.15, 0.2) is 60.7 Å². The Labute approximate surface area is 186 Å². The Morgan fingerprint density at radius 2 is 1.90 bits per heavy atom. The molecule has 2 heterocycles. The molecule has 1 atom stereocenters. The van der Waals surface area contributed by atoms with Gasteiger partial charge in [-0.2, -0.15) is 0 Å². The molecule has 160 valence electrons. The molecular formula is C25H24ClFN2O2. The van der Waals surface area contributed by atoms with Gasteiger partial charge in [0.2, 0.25) is 0 Å². The fourth-order valence-corrected chi connectivity index (χ4v) is 4.44. The van der Waals surface area contributed by atoms with Gasteiger partial charge < -0.3 is 5.11 Å². The van der Waals surface area contributed by atoms with Gasteiger partial charge in [-0.15, -0.1) is 0 Å². The Morgan fingerprint density at radius 3 is 2.65 bits per heavy atom. The lowest BCUT2D eigenvalue weighted by molar-refractivity contribution is 0.0695. The Bertz CT molecular complexity index is 1070. The highest BCUT2D eigenvalue weighted by Gasteiger charge is 2.28. The van der Waals surface area contributed by atoms with Crippen LogP contribution < -0.4 is 0 Å². The van der Waals surface area contributed by atoms with E-state index < -0.39 is 5.97 Å². The number of hydrogen-bond donors (Lipinski definition) is 1. The largest absolute Gasteiger partial charge is 0.478 e. The molecule has 1 aromatic heterocycles. The standard InChI is InChI=1S/C25H24ClFN2O2/c26-19-4-1-3-18(15-19)16-29-14-2-5-24(29)23-13-11-21(25(30)31)22(28-23)12-8-17-6-9-20(27)10-7-17/h1,3-4,6-7,9-11,13,15,24H,2,5,8,12,14,16H2,(H,30,31)/t24-/m0/s1. The van der Waals surface area contributed by atoms with Crippen LogP contribution in [0, 0.1) is 5.82 Å². The van der Waals surface area contributed by atoms with E-state index >= 15 is 0 Å². The van der Waals surface area contributed by atoms with Crippen molar-refractivity contribution in [1.82, 2.24) is 9.88 Å². The topological polar surface area (TPSA) is 53.4 Å². The second-order valence-electron chi connectivity index (χ2n) is 7.92. The van der Waals surface area contributed by atoms with Crippen molar-refractivity contribution in [3.63, 3.8) is 0 Å². The van der Waals surface area contributed by atoms with Crippen LogP contribution in [0.2, 0.25) is 5.02 Å². The molecule has 0 spiro atoms. The SMILES string of the molecule is O=C(O)c1ccc([C@@H]2CCCN2Cc2cccc(Cl)c2)nc1CCc1ccc(F)cc1. The second-order valence-corrected chi connectivity index (χ2v) is 8.36. The molecule has 4 rings (SSSR count). The first-order valence-electron chi connectivity index (χ1n) is 10.5. The van der Waals surface area contributed by atoms with Gasteiger partial charge in [0.15, 0.2) is 0 Å². The number of carboxylic acids is 1. The molecule has 31 heavy (non-hydrogen) atoms. The van der Waals surface area contributed by atoms with Crippen LogP contribution in [0.5, 0.6) is 0 Å². The Kier molecular flexibility index (Phi) is 6.64. The van der Waals surface area contributed by atoms with Gasteiger partial charge in [0.25, 0.3) is 0 Å². The van der Waals surface area contributed by atoms with Crippen molar-refractivity contribution in [2.75, 3.05) is 6.54 Å². The molecule has 0 aliphatic carbocycles. The van der Waals surface area contributed by atoms with E-state index in [2.05, 4.69) is 11.0 Å². The number of carboxylic acid groups (broad SMARTS) is 1. The number of benzene rings is 2. The summed E-state index contributed by atoms with van der Waals surface area (Å²) in [6.45, 7) is 1.74. The molecule has 0 unspecified atom stereocenters. The second kappa shape index (κ2) is 9.58. The third kappa shape index (κ3) is 5.30. The Hall–Kier alpha value is -2.76. The van der Waals surface area contributed by atoms with E-state index in [-0.39, 0.29) is 17.4 Å². The molecule has 4 nitrogen and oxygen atoms in total. The molecule has 1 saturated heterocycles. The fraction of sp³-hybridized carbons (Fsp3) is 0.280. The minimum atomic E-state index is -0.977. The van der Waals surface area contributed by atoms with Crippen molar-refractivity contribution in [2.45, 2.75) is 38.3 Å². The van der Waals surface area contributed by atoms with E-state index in [1.54, 1.807) is 18.2 Å². The summed E-state index contributed by atoms with van der Waals surface area (Å²) in [6, 6.07) is 17.8. The van der Waals surface area contributed by atoms with Crippen molar-refractivity contribution >= 4 is 17.6 Å². The molecule has 6 heteroatoms. The summed E-state index contributed by atoms with van der Waals surface area (Å²) in [4.78, 5) is 18.9. The number of hydrogen-bond acceptors (Lipinski definition) is 3. The van der Waals surface area contributed by atoms with E-state index in [9.17, 15) is 14.3 Å². The van der Waals surface area contributed by atoms with Crippen molar-refractivity contribution in [1.29, 1.82) is 0 Å². The highest BCUT2D eigenvalue weighted by molar-refractivity contribution is 6.30. The van der Waals surface area contributed by atoms with Crippen LogP contribution >= 0.6 is 11.6 Å². The molecule has 2 aromatic carbocycles. The van der Waals surface area contributed by atoms with Gasteiger partial charge in [0.1, 0.15) is 5.82 Å². The minimum absolute atomic E-state index is 0.145. The molecule has 0 bridgehead atoms. The highest BCUT2D eigenvalue weighted by Crippen LogP contribution is 2.33. The monoisotopic (exact) mass is 438 g/mol. The number of nitrogens with zero attached hydrogens (tertiary/aromatic N) is 2. The highest BCUT2D eigenvalue weighted by atomic mass is 35.5. The number of pyridine rings is 1. The summed E-state index contributed by atoms with van der Waals surface area (Å²) in [6.07, 6.45) is 3.14. The molecule has 3 aromatic rings. The lowest BCUT2D eigenvalue weighted by Crippen LogP contribution is -2.24. The van der Waals surface area contributed by atoms with Crippen molar-refractivity contribution in [2.24, 2.45) is 0 Å². The maximum atomic E-state index is 13.2. The molecule has 1 aliphatic rings. The third-order valence-electron chi connectivity index (χ3n) is 5.77. The number of aromatic nitrogens is 1. The summed E-state index contributed by atoms with van der Waals surface area (Å²) >= 11 is 6.14. The van der Waals surface area contributed by atoms with Gasteiger partial charge in [0, 0.05) is 11.6 Å². The summed E-state index contributed by atoms with van der Waals surface area (Å²) in [5.74, 6) is -1.26.